The fraction of sp³-hybridized carbons (Fsp3) is 0.400. The zero-order valence-corrected chi connectivity index (χ0v) is 19.2. The van der Waals surface area contributed by atoms with Gasteiger partial charge in [-0.25, -0.2) is 4.68 Å². The van der Waals surface area contributed by atoms with Crippen molar-refractivity contribution < 1.29 is 0 Å². The largest absolute Gasteiger partial charge is 0.370 e. The van der Waals surface area contributed by atoms with Gasteiger partial charge in [0.15, 0.2) is 0 Å². The van der Waals surface area contributed by atoms with Gasteiger partial charge in [-0.2, -0.15) is 5.10 Å². The Kier molecular flexibility index (Phi) is 6.22. The zero-order chi connectivity index (χ0) is 21.2. The van der Waals surface area contributed by atoms with E-state index in [0.717, 1.165) is 44.0 Å². The van der Waals surface area contributed by atoms with Gasteiger partial charge in [0.1, 0.15) is 5.82 Å². The number of fused-ring (bicyclic) bond motifs is 1. The summed E-state index contributed by atoms with van der Waals surface area (Å²) in [7, 11) is 0. The van der Waals surface area contributed by atoms with Crippen LogP contribution in [0.5, 0.6) is 0 Å². The second kappa shape index (κ2) is 9.23. The second-order valence-electron chi connectivity index (χ2n) is 8.57. The Morgan fingerprint density at radius 2 is 1.87 bits per heavy atom. The zero-order valence-electron chi connectivity index (χ0n) is 17.7. The van der Waals surface area contributed by atoms with Crippen LogP contribution in [-0.4, -0.2) is 27.8 Å². The maximum absolute atomic E-state index is 6.59. The molecular formula is C25H28Cl2N4. The SMILES string of the molecule is Clc1ccc(-n2nc(C3CCCCN3Cc3ccccc3)c3c2NCCCC3)c(Cl)c1. The molecule has 1 N–H and O–H groups in total. The summed E-state index contributed by atoms with van der Waals surface area (Å²) < 4.78 is 2.02. The summed E-state index contributed by atoms with van der Waals surface area (Å²) in [6.45, 7) is 3.03. The lowest BCUT2D eigenvalue weighted by molar-refractivity contribution is 0.136. The number of nitrogens with zero attached hydrogens (tertiary/aromatic N) is 3. The summed E-state index contributed by atoms with van der Waals surface area (Å²) in [5.41, 5.74) is 4.81. The lowest BCUT2D eigenvalue weighted by Gasteiger charge is -2.35. The van der Waals surface area contributed by atoms with Gasteiger partial charge in [-0.1, -0.05) is 60.0 Å². The van der Waals surface area contributed by atoms with Crippen molar-refractivity contribution >= 4 is 29.0 Å². The molecular weight excluding hydrogens is 427 g/mol. The second-order valence-corrected chi connectivity index (χ2v) is 9.42. The first-order chi connectivity index (χ1) is 15.2. The molecule has 1 aromatic heterocycles. The molecule has 1 unspecified atom stereocenters. The molecule has 2 aliphatic rings. The van der Waals surface area contributed by atoms with E-state index < -0.39 is 0 Å². The summed E-state index contributed by atoms with van der Waals surface area (Å²) in [5.74, 6) is 1.10. The minimum absolute atomic E-state index is 0.329. The number of hydrogen-bond donors (Lipinski definition) is 1. The third kappa shape index (κ3) is 4.34. The lowest BCUT2D eigenvalue weighted by atomic mass is 9.94. The van der Waals surface area contributed by atoms with Gasteiger partial charge in [-0.3, -0.25) is 4.90 Å². The van der Waals surface area contributed by atoms with Gasteiger partial charge in [0.05, 0.1) is 22.4 Å². The molecule has 0 radical (unpaired) electrons. The maximum Gasteiger partial charge on any atom is 0.133 e. The van der Waals surface area contributed by atoms with E-state index in [1.165, 1.54) is 42.5 Å². The van der Waals surface area contributed by atoms with E-state index in [9.17, 15) is 0 Å². The van der Waals surface area contributed by atoms with E-state index >= 15 is 0 Å². The average Bonchev–Trinajstić information content (AvgIpc) is 2.95. The number of rotatable bonds is 4. The highest BCUT2D eigenvalue weighted by Crippen LogP contribution is 2.39. The fourth-order valence-electron chi connectivity index (χ4n) is 4.93. The van der Waals surface area contributed by atoms with Crippen LogP contribution in [0.15, 0.2) is 48.5 Å². The monoisotopic (exact) mass is 454 g/mol. The molecule has 162 valence electrons. The first kappa shape index (κ1) is 20.9. The first-order valence-electron chi connectivity index (χ1n) is 11.3. The van der Waals surface area contributed by atoms with E-state index in [-0.39, 0.29) is 0 Å². The Morgan fingerprint density at radius 1 is 1.00 bits per heavy atom. The van der Waals surface area contributed by atoms with E-state index in [1.807, 2.05) is 16.8 Å². The van der Waals surface area contributed by atoms with Crippen molar-refractivity contribution in [1.82, 2.24) is 14.7 Å². The Hall–Kier alpha value is -2.01. The highest BCUT2D eigenvalue weighted by atomic mass is 35.5. The van der Waals surface area contributed by atoms with Gasteiger partial charge in [-0.15, -0.1) is 0 Å². The average molecular weight is 455 g/mol. The van der Waals surface area contributed by atoms with Crippen LogP contribution in [0.25, 0.3) is 5.69 Å². The molecule has 6 heteroatoms. The van der Waals surface area contributed by atoms with E-state index in [2.05, 4.69) is 40.5 Å². The number of benzene rings is 2. The minimum atomic E-state index is 0.329. The molecule has 31 heavy (non-hydrogen) atoms. The molecule has 1 fully saturated rings. The quantitative estimate of drug-likeness (QED) is 0.478. The van der Waals surface area contributed by atoms with Crippen molar-refractivity contribution in [3.05, 3.63) is 75.4 Å². The smallest absolute Gasteiger partial charge is 0.133 e. The predicted molar refractivity (Wildman–Crippen MR) is 128 cm³/mol. The molecule has 0 spiro atoms. The van der Waals surface area contributed by atoms with E-state index in [4.69, 9.17) is 28.3 Å². The number of anilines is 1. The number of hydrogen-bond acceptors (Lipinski definition) is 3. The third-order valence-electron chi connectivity index (χ3n) is 6.46. The van der Waals surface area contributed by atoms with Gasteiger partial charge in [0.2, 0.25) is 0 Å². The molecule has 5 rings (SSSR count). The summed E-state index contributed by atoms with van der Waals surface area (Å²) in [6, 6.07) is 16.8. The molecule has 2 aliphatic heterocycles. The molecule has 1 saturated heterocycles. The number of aromatic nitrogens is 2. The van der Waals surface area contributed by atoms with Crippen molar-refractivity contribution in [3.8, 4) is 5.69 Å². The number of piperidine rings is 1. The highest BCUT2D eigenvalue weighted by Gasteiger charge is 2.32. The van der Waals surface area contributed by atoms with E-state index in [0.29, 0.717) is 16.1 Å². The molecule has 3 heterocycles. The molecule has 2 aromatic carbocycles. The molecule has 1 atom stereocenters. The van der Waals surface area contributed by atoms with Crippen molar-refractivity contribution in [2.24, 2.45) is 0 Å². The Bertz CT molecular complexity index is 1050. The van der Waals surface area contributed by atoms with Crippen molar-refractivity contribution in [1.29, 1.82) is 0 Å². The van der Waals surface area contributed by atoms with Crippen LogP contribution in [0.2, 0.25) is 10.0 Å². The normalized spacial score (nSPS) is 19.5. The van der Waals surface area contributed by atoms with Crippen LogP contribution < -0.4 is 5.32 Å². The van der Waals surface area contributed by atoms with Crippen molar-refractivity contribution in [2.75, 3.05) is 18.4 Å². The summed E-state index contributed by atoms with van der Waals surface area (Å²) >= 11 is 12.8. The number of nitrogens with one attached hydrogen (secondary N) is 1. The Balaban J connectivity index is 1.56. The van der Waals surface area contributed by atoms with Gasteiger partial charge in [0, 0.05) is 23.7 Å². The van der Waals surface area contributed by atoms with Crippen molar-refractivity contribution in [3.63, 3.8) is 0 Å². The summed E-state index contributed by atoms with van der Waals surface area (Å²) in [6.07, 6.45) is 7.03. The summed E-state index contributed by atoms with van der Waals surface area (Å²) in [4.78, 5) is 2.61. The molecule has 3 aromatic rings. The van der Waals surface area contributed by atoms with Crippen LogP contribution in [0.3, 0.4) is 0 Å². The van der Waals surface area contributed by atoms with Crippen LogP contribution in [0.4, 0.5) is 5.82 Å². The molecule has 0 bridgehead atoms. The molecule has 0 aliphatic carbocycles. The van der Waals surface area contributed by atoms with Crippen LogP contribution in [-0.2, 0) is 13.0 Å². The van der Waals surface area contributed by atoms with E-state index in [1.54, 1.807) is 6.07 Å². The highest BCUT2D eigenvalue weighted by molar-refractivity contribution is 6.35. The lowest BCUT2D eigenvalue weighted by Crippen LogP contribution is -2.33. The van der Waals surface area contributed by atoms with Crippen LogP contribution >= 0.6 is 23.2 Å². The van der Waals surface area contributed by atoms with Crippen LogP contribution in [0, 0.1) is 0 Å². The molecule has 0 saturated carbocycles. The van der Waals surface area contributed by atoms with Gasteiger partial charge >= 0.3 is 0 Å². The predicted octanol–water partition coefficient (Wildman–Crippen LogP) is 6.65. The Labute approximate surface area is 194 Å². The topological polar surface area (TPSA) is 33.1 Å². The number of halogens is 2. The Morgan fingerprint density at radius 3 is 2.71 bits per heavy atom. The first-order valence-corrected chi connectivity index (χ1v) is 12.1. The third-order valence-corrected chi connectivity index (χ3v) is 6.99. The number of likely N-dealkylation sites (tertiary alicyclic amines) is 1. The fourth-order valence-corrected chi connectivity index (χ4v) is 5.42. The van der Waals surface area contributed by atoms with Gasteiger partial charge < -0.3 is 5.32 Å². The molecule has 4 nitrogen and oxygen atoms in total. The molecule has 0 amide bonds. The standard InChI is InChI=1S/C25H28Cl2N4/c26-19-12-13-22(21(27)16-19)31-25-20(10-4-6-14-28-25)24(29-31)23-11-5-7-15-30(23)17-18-8-2-1-3-9-18/h1-3,8-9,12-13,16,23,28H,4-7,10-11,14-15,17H2. The summed E-state index contributed by atoms with van der Waals surface area (Å²) in [5, 5.41) is 10.1. The maximum atomic E-state index is 6.59. The minimum Gasteiger partial charge on any atom is -0.370 e. The van der Waals surface area contributed by atoms with Crippen molar-refractivity contribution in [2.45, 2.75) is 51.1 Å². The van der Waals surface area contributed by atoms with Gasteiger partial charge in [0.25, 0.3) is 0 Å². The van der Waals surface area contributed by atoms with Crippen LogP contribution in [0.1, 0.15) is 55.0 Å². The van der Waals surface area contributed by atoms with Gasteiger partial charge in [-0.05, 0) is 62.4 Å².